The van der Waals surface area contributed by atoms with Crippen molar-refractivity contribution < 1.29 is 9.53 Å². The Morgan fingerprint density at radius 3 is 3.00 bits per heavy atom. The number of aryl methyl sites for hydroxylation is 1. The number of nitrogens with one attached hydrogen (secondary N) is 2. The number of amides is 1. The van der Waals surface area contributed by atoms with E-state index >= 15 is 0 Å². The van der Waals surface area contributed by atoms with Crippen molar-refractivity contribution in [1.82, 2.24) is 24.9 Å². The van der Waals surface area contributed by atoms with Crippen LogP contribution in [-0.4, -0.2) is 39.1 Å². The maximum absolute atomic E-state index is 12.6. The topological polar surface area (TPSA) is 101 Å². The van der Waals surface area contributed by atoms with Gasteiger partial charge in [-0.15, -0.1) is 10.2 Å². The first-order valence-corrected chi connectivity index (χ1v) is 8.93. The lowest BCUT2D eigenvalue weighted by Crippen LogP contribution is -2.30. The Bertz CT molecular complexity index is 1210. The van der Waals surface area contributed by atoms with E-state index in [2.05, 4.69) is 20.5 Å². The van der Waals surface area contributed by atoms with Gasteiger partial charge < -0.3 is 15.0 Å². The minimum atomic E-state index is -0.398. The number of benzene rings is 1. The Morgan fingerprint density at radius 2 is 2.14 bits per heavy atom. The van der Waals surface area contributed by atoms with Gasteiger partial charge in [-0.2, -0.15) is 0 Å². The van der Waals surface area contributed by atoms with Crippen LogP contribution in [0.25, 0.3) is 16.6 Å². The standard InChI is InChI=1S/C20H19N5O3/c1-28-13-7-8-14-16(11-13)22-12-15(19(14)26)20(27)21-9-4-6-18-24-23-17-5-2-3-10-25(17)18/h2-3,5,7-8,10-12H,4,6,9H2,1H3,(H,21,27)(H,22,26). The number of nitrogens with zero attached hydrogens (tertiary/aromatic N) is 3. The van der Waals surface area contributed by atoms with Crippen molar-refractivity contribution in [2.45, 2.75) is 12.8 Å². The number of rotatable bonds is 6. The summed E-state index contributed by atoms with van der Waals surface area (Å²) in [6, 6.07) is 10.8. The molecule has 2 N–H and O–H groups in total. The zero-order chi connectivity index (χ0) is 19.5. The molecule has 142 valence electrons. The lowest BCUT2D eigenvalue weighted by atomic mass is 10.1. The van der Waals surface area contributed by atoms with Gasteiger partial charge in [0.1, 0.15) is 17.1 Å². The van der Waals surface area contributed by atoms with E-state index in [0.717, 1.165) is 11.5 Å². The second kappa shape index (κ2) is 7.51. The van der Waals surface area contributed by atoms with E-state index in [1.165, 1.54) is 6.20 Å². The molecule has 28 heavy (non-hydrogen) atoms. The molecule has 4 aromatic rings. The van der Waals surface area contributed by atoms with E-state index in [-0.39, 0.29) is 11.0 Å². The van der Waals surface area contributed by atoms with Crippen molar-refractivity contribution in [2.75, 3.05) is 13.7 Å². The molecule has 0 aliphatic rings. The number of hydrogen-bond donors (Lipinski definition) is 2. The molecule has 8 nitrogen and oxygen atoms in total. The smallest absolute Gasteiger partial charge is 0.256 e. The second-order valence-electron chi connectivity index (χ2n) is 6.35. The fourth-order valence-corrected chi connectivity index (χ4v) is 3.10. The van der Waals surface area contributed by atoms with Gasteiger partial charge >= 0.3 is 0 Å². The molecule has 0 radical (unpaired) electrons. The van der Waals surface area contributed by atoms with E-state index in [1.54, 1.807) is 25.3 Å². The van der Waals surface area contributed by atoms with Crippen molar-refractivity contribution in [1.29, 1.82) is 0 Å². The summed E-state index contributed by atoms with van der Waals surface area (Å²) >= 11 is 0. The van der Waals surface area contributed by atoms with Gasteiger partial charge in [-0.1, -0.05) is 6.07 Å². The molecule has 3 aromatic heterocycles. The highest BCUT2D eigenvalue weighted by atomic mass is 16.5. The third-order valence-corrected chi connectivity index (χ3v) is 4.58. The summed E-state index contributed by atoms with van der Waals surface area (Å²) < 4.78 is 7.07. The summed E-state index contributed by atoms with van der Waals surface area (Å²) in [5.74, 6) is 1.08. The summed E-state index contributed by atoms with van der Waals surface area (Å²) in [5, 5.41) is 11.5. The molecule has 8 heteroatoms. The number of ether oxygens (including phenoxy) is 1. The molecule has 0 saturated carbocycles. The fraction of sp³-hybridized carbons (Fsp3) is 0.200. The number of aromatic nitrogens is 4. The Morgan fingerprint density at radius 1 is 1.25 bits per heavy atom. The number of pyridine rings is 2. The predicted molar refractivity (Wildman–Crippen MR) is 105 cm³/mol. The van der Waals surface area contributed by atoms with E-state index in [9.17, 15) is 9.59 Å². The van der Waals surface area contributed by atoms with Crippen LogP contribution < -0.4 is 15.5 Å². The molecule has 0 atom stereocenters. The number of methoxy groups -OCH3 is 1. The summed E-state index contributed by atoms with van der Waals surface area (Å²) in [6.45, 7) is 0.431. The predicted octanol–water partition coefficient (Wildman–Crippen LogP) is 1.94. The highest BCUT2D eigenvalue weighted by molar-refractivity contribution is 5.97. The van der Waals surface area contributed by atoms with Crippen LogP contribution in [0.15, 0.2) is 53.6 Å². The number of hydrogen-bond acceptors (Lipinski definition) is 5. The first-order chi connectivity index (χ1) is 13.7. The van der Waals surface area contributed by atoms with Gasteiger partial charge in [0, 0.05) is 36.8 Å². The van der Waals surface area contributed by atoms with Gasteiger partial charge in [-0.25, -0.2) is 0 Å². The number of aromatic amines is 1. The van der Waals surface area contributed by atoms with Crippen LogP contribution >= 0.6 is 0 Å². The molecule has 1 amide bonds. The maximum Gasteiger partial charge on any atom is 0.256 e. The lowest BCUT2D eigenvalue weighted by molar-refractivity contribution is 0.0952. The average Bonchev–Trinajstić information content (AvgIpc) is 3.14. The molecule has 0 unspecified atom stereocenters. The van der Waals surface area contributed by atoms with Crippen LogP contribution in [-0.2, 0) is 6.42 Å². The van der Waals surface area contributed by atoms with Gasteiger partial charge in [0.25, 0.3) is 5.91 Å². The molecule has 0 aliphatic heterocycles. The van der Waals surface area contributed by atoms with E-state index < -0.39 is 5.91 Å². The first-order valence-electron chi connectivity index (χ1n) is 8.93. The van der Waals surface area contributed by atoms with Crippen molar-refractivity contribution >= 4 is 22.5 Å². The third-order valence-electron chi connectivity index (χ3n) is 4.58. The van der Waals surface area contributed by atoms with E-state index in [4.69, 9.17) is 4.74 Å². The SMILES string of the molecule is COc1ccc2c(=O)c(C(=O)NCCCc3nnc4ccccn34)c[nH]c2c1. The number of carbonyl (C=O) groups is 1. The molecule has 0 bridgehead atoms. The first kappa shape index (κ1) is 17.7. The third kappa shape index (κ3) is 3.32. The molecule has 0 aliphatic carbocycles. The van der Waals surface area contributed by atoms with E-state index in [0.29, 0.717) is 36.0 Å². The fourth-order valence-electron chi connectivity index (χ4n) is 3.10. The highest BCUT2D eigenvalue weighted by Crippen LogP contribution is 2.16. The van der Waals surface area contributed by atoms with Crippen molar-refractivity contribution in [3.05, 3.63) is 70.4 Å². The molecular weight excluding hydrogens is 358 g/mol. The molecule has 0 fully saturated rings. The quantitative estimate of drug-likeness (QED) is 0.500. The van der Waals surface area contributed by atoms with E-state index in [1.807, 2.05) is 28.8 Å². The Kier molecular flexibility index (Phi) is 4.76. The molecule has 1 aromatic carbocycles. The lowest BCUT2D eigenvalue weighted by Gasteiger charge is -2.07. The van der Waals surface area contributed by atoms with Crippen molar-refractivity contribution in [3.8, 4) is 5.75 Å². The zero-order valence-electron chi connectivity index (χ0n) is 15.3. The molecule has 0 spiro atoms. The van der Waals surface area contributed by atoms with Crippen LogP contribution in [0.3, 0.4) is 0 Å². The van der Waals surface area contributed by atoms with Crippen LogP contribution in [0.4, 0.5) is 0 Å². The Hall–Kier alpha value is -3.68. The molecule has 0 saturated heterocycles. The minimum absolute atomic E-state index is 0.0885. The normalized spacial score (nSPS) is 11.0. The largest absolute Gasteiger partial charge is 0.497 e. The van der Waals surface area contributed by atoms with Crippen LogP contribution in [0.1, 0.15) is 22.6 Å². The van der Waals surface area contributed by atoms with Gasteiger partial charge in [0.05, 0.1) is 12.6 Å². The van der Waals surface area contributed by atoms with Crippen LogP contribution in [0.2, 0.25) is 0 Å². The summed E-state index contributed by atoms with van der Waals surface area (Å²) in [5.41, 5.74) is 1.20. The Balaban J connectivity index is 1.41. The summed E-state index contributed by atoms with van der Waals surface area (Å²) in [7, 11) is 1.56. The van der Waals surface area contributed by atoms with Crippen LogP contribution in [0.5, 0.6) is 5.75 Å². The van der Waals surface area contributed by atoms with Gasteiger partial charge in [0.15, 0.2) is 5.65 Å². The second-order valence-corrected chi connectivity index (χ2v) is 6.35. The Labute approximate surface area is 160 Å². The highest BCUT2D eigenvalue weighted by Gasteiger charge is 2.13. The monoisotopic (exact) mass is 377 g/mol. The van der Waals surface area contributed by atoms with Gasteiger partial charge in [-0.3, -0.25) is 14.0 Å². The minimum Gasteiger partial charge on any atom is -0.497 e. The van der Waals surface area contributed by atoms with Gasteiger partial charge in [-0.05, 0) is 30.7 Å². The zero-order valence-corrected chi connectivity index (χ0v) is 15.3. The molecular formula is C20H19N5O3. The summed E-state index contributed by atoms with van der Waals surface area (Å²) in [4.78, 5) is 28.0. The number of fused-ring (bicyclic) bond motifs is 2. The molecule has 4 rings (SSSR count). The van der Waals surface area contributed by atoms with Crippen molar-refractivity contribution in [3.63, 3.8) is 0 Å². The van der Waals surface area contributed by atoms with Gasteiger partial charge in [0.2, 0.25) is 5.43 Å². The average molecular weight is 377 g/mol. The number of carbonyl (C=O) groups excluding carboxylic acids is 1. The van der Waals surface area contributed by atoms with Crippen molar-refractivity contribution in [2.24, 2.45) is 0 Å². The van der Waals surface area contributed by atoms with Crippen LogP contribution in [0, 0.1) is 0 Å². The maximum atomic E-state index is 12.6. The molecule has 3 heterocycles. The summed E-state index contributed by atoms with van der Waals surface area (Å²) in [6.07, 6.45) is 4.70. The number of H-pyrrole nitrogens is 1.